The minimum atomic E-state index is -2.24. The molecule has 0 radical (unpaired) electrons. The molecule has 0 N–H and O–H groups in total. The number of hydrogen-bond acceptors (Lipinski definition) is 2. The fourth-order valence-corrected chi connectivity index (χ4v) is 1.71. The second kappa shape index (κ2) is 4.53. The summed E-state index contributed by atoms with van der Waals surface area (Å²) in [5.41, 5.74) is 0. The fraction of sp³-hybridized carbons (Fsp3) is 0. The summed E-state index contributed by atoms with van der Waals surface area (Å²) < 4.78 is 64.9. The molecule has 0 aliphatic rings. The topological polar surface area (TPSA) is 29.4 Å². The SMILES string of the molecule is O=C=N[Se]c1c(F)c(F)c(F)c(F)c1F. The Kier molecular flexibility index (Phi) is 3.57. The summed E-state index contributed by atoms with van der Waals surface area (Å²) in [6, 6.07) is 0. The maximum absolute atomic E-state index is 12.8. The molecule has 8 heteroatoms. The molecule has 0 aliphatic carbocycles. The first-order valence-corrected chi connectivity index (χ1v) is 4.88. The number of rotatable bonds is 2. The summed E-state index contributed by atoms with van der Waals surface area (Å²) in [4.78, 5) is 9.66. The Balaban J connectivity index is 3.44. The molecule has 0 fully saturated rings. The first-order chi connectivity index (χ1) is 7.00. The summed E-state index contributed by atoms with van der Waals surface area (Å²) in [6.45, 7) is 0. The van der Waals surface area contributed by atoms with E-state index in [-0.39, 0.29) is 0 Å². The van der Waals surface area contributed by atoms with Crippen LogP contribution in [0.5, 0.6) is 0 Å². The Morgan fingerprint density at radius 3 is 1.67 bits per heavy atom. The predicted octanol–water partition coefficient (Wildman–Crippen LogP) is 0.962. The van der Waals surface area contributed by atoms with Crippen LogP contribution >= 0.6 is 0 Å². The van der Waals surface area contributed by atoms with E-state index in [2.05, 4.69) is 4.01 Å². The van der Waals surface area contributed by atoms with Gasteiger partial charge in [0.25, 0.3) is 0 Å². The second-order valence-corrected chi connectivity index (χ2v) is 3.80. The maximum atomic E-state index is 12.8. The van der Waals surface area contributed by atoms with Crippen LogP contribution in [-0.4, -0.2) is 21.3 Å². The molecule has 80 valence electrons. The average Bonchev–Trinajstić information content (AvgIpc) is 2.24. The van der Waals surface area contributed by atoms with E-state index >= 15 is 0 Å². The standard InChI is InChI=1S/C7F5NOSe/c8-2-3(9)5(11)7(15-13-1-14)6(12)4(2)10. The van der Waals surface area contributed by atoms with Gasteiger partial charge < -0.3 is 0 Å². The van der Waals surface area contributed by atoms with Crippen molar-refractivity contribution in [1.82, 2.24) is 0 Å². The molecule has 1 aromatic carbocycles. The van der Waals surface area contributed by atoms with Gasteiger partial charge in [0.15, 0.2) is 0 Å². The van der Waals surface area contributed by atoms with Crippen LogP contribution in [0.4, 0.5) is 22.0 Å². The Morgan fingerprint density at radius 1 is 0.867 bits per heavy atom. The van der Waals surface area contributed by atoms with Crippen molar-refractivity contribution in [2.75, 3.05) is 0 Å². The molecule has 0 amide bonds. The third-order valence-corrected chi connectivity index (χ3v) is 2.83. The molecule has 0 atom stereocenters. The van der Waals surface area contributed by atoms with Gasteiger partial charge in [-0.2, -0.15) is 0 Å². The van der Waals surface area contributed by atoms with Gasteiger partial charge in [0.2, 0.25) is 0 Å². The van der Waals surface area contributed by atoms with Gasteiger partial charge in [0.05, 0.1) is 0 Å². The van der Waals surface area contributed by atoms with Gasteiger partial charge in [0, 0.05) is 0 Å². The number of benzene rings is 1. The van der Waals surface area contributed by atoms with Crippen molar-refractivity contribution in [1.29, 1.82) is 0 Å². The average molecular weight is 288 g/mol. The number of halogens is 5. The molecule has 15 heavy (non-hydrogen) atoms. The van der Waals surface area contributed by atoms with E-state index in [0.717, 1.165) is 6.08 Å². The van der Waals surface area contributed by atoms with Crippen molar-refractivity contribution >= 4 is 25.7 Å². The molecular formula is C7F5NOSe. The van der Waals surface area contributed by atoms with Crippen LogP contribution in [0.2, 0.25) is 0 Å². The molecule has 0 saturated heterocycles. The van der Waals surface area contributed by atoms with Crippen molar-refractivity contribution in [3.05, 3.63) is 29.1 Å². The Labute approximate surface area is 86.2 Å². The van der Waals surface area contributed by atoms with E-state index in [4.69, 9.17) is 0 Å². The first kappa shape index (κ1) is 11.8. The summed E-state index contributed by atoms with van der Waals surface area (Å²) >= 11 is -1.52. The first-order valence-electron chi connectivity index (χ1n) is 3.26. The quantitative estimate of drug-likeness (QED) is 0.199. The summed E-state index contributed by atoms with van der Waals surface area (Å²) in [7, 11) is 0. The van der Waals surface area contributed by atoms with Gasteiger partial charge in [-0.15, -0.1) is 0 Å². The van der Waals surface area contributed by atoms with Crippen molar-refractivity contribution in [2.45, 2.75) is 0 Å². The molecule has 2 nitrogen and oxygen atoms in total. The van der Waals surface area contributed by atoms with E-state index in [1.54, 1.807) is 0 Å². The molecule has 0 unspecified atom stereocenters. The minimum absolute atomic E-state index is 0.955. The van der Waals surface area contributed by atoms with Crippen LogP contribution in [0.3, 0.4) is 0 Å². The summed E-state index contributed by atoms with van der Waals surface area (Å²) in [5.74, 6) is -10.3. The third kappa shape index (κ3) is 2.07. The van der Waals surface area contributed by atoms with Gasteiger partial charge in [-0.05, 0) is 0 Å². The molecule has 0 bridgehead atoms. The monoisotopic (exact) mass is 289 g/mol. The van der Waals surface area contributed by atoms with Gasteiger partial charge in [0.1, 0.15) is 0 Å². The Bertz CT molecular complexity index is 428. The predicted molar refractivity (Wildman–Crippen MR) is 39.7 cm³/mol. The summed E-state index contributed by atoms with van der Waals surface area (Å²) in [5, 5.41) is 0. The number of isocyanates is 1. The van der Waals surface area contributed by atoms with Gasteiger partial charge in [-0.1, -0.05) is 0 Å². The van der Waals surface area contributed by atoms with E-state index in [0.29, 0.717) is 0 Å². The third-order valence-electron chi connectivity index (χ3n) is 1.34. The van der Waals surface area contributed by atoms with Crippen molar-refractivity contribution in [3.8, 4) is 0 Å². The Morgan fingerprint density at radius 2 is 1.27 bits per heavy atom. The van der Waals surface area contributed by atoms with E-state index < -0.39 is 48.7 Å². The van der Waals surface area contributed by atoms with E-state index in [1.807, 2.05) is 0 Å². The van der Waals surface area contributed by atoms with Crippen LogP contribution < -0.4 is 4.46 Å². The van der Waals surface area contributed by atoms with E-state index in [1.165, 1.54) is 0 Å². The molecule has 0 aromatic heterocycles. The number of hydrogen-bond donors (Lipinski definition) is 0. The van der Waals surface area contributed by atoms with Crippen molar-refractivity contribution in [3.63, 3.8) is 0 Å². The molecule has 1 rings (SSSR count). The van der Waals surface area contributed by atoms with Gasteiger partial charge >= 0.3 is 85.6 Å². The number of nitrogens with zero attached hydrogens (tertiary/aromatic N) is 1. The van der Waals surface area contributed by atoms with Crippen LogP contribution in [0, 0.1) is 29.1 Å². The van der Waals surface area contributed by atoms with Crippen LogP contribution in [0.1, 0.15) is 0 Å². The van der Waals surface area contributed by atoms with E-state index in [9.17, 15) is 26.7 Å². The molecule has 1 aromatic rings. The van der Waals surface area contributed by atoms with Gasteiger partial charge in [-0.3, -0.25) is 0 Å². The molecule has 0 spiro atoms. The van der Waals surface area contributed by atoms with Crippen LogP contribution in [0.25, 0.3) is 0 Å². The second-order valence-electron chi connectivity index (χ2n) is 2.17. The number of carbonyl (C=O) groups excluding carboxylic acids is 1. The molecule has 0 saturated carbocycles. The fourth-order valence-electron chi connectivity index (χ4n) is 0.729. The van der Waals surface area contributed by atoms with Crippen molar-refractivity contribution in [2.24, 2.45) is 4.01 Å². The normalized spacial score (nSPS) is 9.93. The zero-order chi connectivity index (χ0) is 11.6. The molecule has 0 aliphatic heterocycles. The molecular weight excluding hydrogens is 288 g/mol. The Hall–Kier alpha value is -1.23. The van der Waals surface area contributed by atoms with Gasteiger partial charge in [-0.25, -0.2) is 0 Å². The summed E-state index contributed by atoms with van der Waals surface area (Å²) in [6.07, 6.45) is 0.955. The molecule has 0 heterocycles. The zero-order valence-corrected chi connectivity index (χ0v) is 8.37. The van der Waals surface area contributed by atoms with Crippen molar-refractivity contribution < 1.29 is 26.7 Å². The zero-order valence-electron chi connectivity index (χ0n) is 6.65. The van der Waals surface area contributed by atoms with Crippen LogP contribution in [-0.2, 0) is 4.79 Å². The van der Waals surface area contributed by atoms with Crippen LogP contribution in [0.15, 0.2) is 4.01 Å².